The number of hydrogen-bond acceptors (Lipinski definition) is 2. The topological polar surface area (TPSA) is 36.7 Å². The highest BCUT2D eigenvalue weighted by Gasteiger charge is 2.36. The molecule has 92 valence electrons. The first-order valence-corrected chi connectivity index (χ1v) is 4.56. The molecule has 2 nitrogen and oxygen atoms in total. The molecular weight excluding hydrogens is 267 g/mol. The molecule has 17 heavy (non-hydrogen) atoms. The lowest BCUT2D eigenvalue weighted by Gasteiger charge is -2.13. The molecular formula is C9H4ClF5N2. The zero-order valence-electron chi connectivity index (χ0n) is 8.02. The molecule has 8 heteroatoms. The molecule has 0 radical (unpaired) electrons. The average Bonchev–Trinajstić information content (AvgIpc) is 2.18. The second kappa shape index (κ2) is 4.84. The van der Waals surface area contributed by atoms with Gasteiger partial charge < -0.3 is 0 Å². The summed E-state index contributed by atoms with van der Waals surface area (Å²) in [5.41, 5.74) is -2.90. The molecule has 1 aromatic heterocycles. The van der Waals surface area contributed by atoms with Crippen LogP contribution in [0.3, 0.4) is 0 Å². The third kappa shape index (κ3) is 2.82. The summed E-state index contributed by atoms with van der Waals surface area (Å²) in [6, 6.07) is 1.45. The van der Waals surface area contributed by atoms with Gasteiger partial charge in [-0.1, -0.05) is 11.6 Å². The SMILES string of the molecule is N#CCc1c(C(F)(F)F)cnc(C(F)F)c1Cl. The molecule has 0 saturated heterocycles. The summed E-state index contributed by atoms with van der Waals surface area (Å²) < 4.78 is 62.2. The van der Waals surface area contributed by atoms with Crippen molar-refractivity contribution in [1.82, 2.24) is 4.98 Å². The molecule has 0 atom stereocenters. The van der Waals surface area contributed by atoms with Crippen LogP contribution in [0.5, 0.6) is 0 Å². The van der Waals surface area contributed by atoms with Crippen LogP contribution in [0.2, 0.25) is 5.02 Å². The summed E-state index contributed by atoms with van der Waals surface area (Å²) in [5.74, 6) is 0. The van der Waals surface area contributed by atoms with Crippen LogP contribution in [0, 0.1) is 11.3 Å². The van der Waals surface area contributed by atoms with E-state index in [1.54, 1.807) is 0 Å². The molecule has 1 rings (SSSR count). The minimum atomic E-state index is -4.79. The van der Waals surface area contributed by atoms with Gasteiger partial charge in [-0.15, -0.1) is 0 Å². The summed E-state index contributed by atoms with van der Waals surface area (Å²) >= 11 is 5.40. The highest BCUT2D eigenvalue weighted by Crippen LogP contribution is 2.37. The van der Waals surface area contributed by atoms with E-state index in [-0.39, 0.29) is 6.20 Å². The molecule has 0 fully saturated rings. The highest BCUT2D eigenvalue weighted by atomic mass is 35.5. The van der Waals surface area contributed by atoms with Crippen LogP contribution in [0.1, 0.15) is 23.2 Å². The van der Waals surface area contributed by atoms with E-state index in [0.717, 1.165) is 0 Å². The van der Waals surface area contributed by atoms with Gasteiger partial charge in [0.25, 0.3) is 6.43 Å². The van der Waals surface area contributed by atoms with E-state index >= 15 is 0 Å². The third-order valence-corrected chi connectivity index (χ3v) is 2.34. The van der Waals surface area contributed by atoms with Gasteiger partial charge in [0.15, 0.2) is 0 Å². The normalized spacial score (nSPS) is 11.6. The third-order valence-electron chi connectivity index (χ3n) is 1.92. The Bertz CT molecular complexity index is 464. The van der Waals surface area contributed by atoms with Gasteiger partial charge in [-0.05, 0) is 0 Å². The Labute approximate surface area is 97.6 Å². The molecule has 0 unspecified atom stereocenters. The molecule has 0 aliphatic rings. The first kappa shape index (κ1) is 13.6. The Balaban J connectivity index is 3.46. The molecule has 0 bridgehead atoms. The second-order valence-electron chi connectivity index (χ2n) is 2.98. The fraction of sp³-hybridized carbons (Fsp3) is 0.333. The Morgan fingerprint density at radius 3 is 2.41 bits per heavy atom. The first-order valence-electron chi connectivity index (χ1n) is 4.18. The van der Waals surface area contributed by atoms with Crippen molar-refractivity contribution in [2.75, 3.05) is 0 Å². The fourth-order valence-electron chi connectivity index (χ4n) is 1.19. The van der Waals surface area contributed by atoms with Gasteiger partial charge in [0.2, 0.25) is 0 Å². The van der Waals surface area contributed by atoms with Crippen LogP contribution in [0.4, 0.5) is 22.0 Å². The molecule has 0 N–H and O–H groups in total. The fourth-order valence-corrected chi connectivity index (χ4v) is 1.49. The molecule has 0 aromatic carbocycles. The van der Waals surface area contributed by atoms with Gasteiger partial charge in [0.05, 0.1) is 23.1 Å². The summed E-state index contributed by atoms with van der Waals surface area (Å²) in [6.07, 6.45) is -8.33. The molecule has 1 aromatic rings. The van der Waals surface area contributed by atoms with Crippen molar-refractivity contribution in [1.29, 1.82) is 5.26 Å². The minimum absolute atomic E-state index is 0.264. The van der Waals surface area contributed by atoms with Gasteiger partial charge >= 0.3 is 6.18 Å². The number of hydrogen-bond donors (Lipinski definition) is 0. The van der Waals surface area contributed by atoms with Crippen molar-refractivity contribution in [3.8, 4) is 6.07 Å². The number of nitrogens with zero attached hydrogens (tertiary/aromatic N) is 2. The van der Waals surface area contributed by atoms with E-state index in [1.165, 1.54) is 6.07 Å². The molecule has 0 aliphatic carbocycles. The van der Waals surface area contributed by atoms with Crippen molar-refractivity contribution in [2.24, 2.45) is 0 Å². The standard InChI is InChI=1S/C9H4ClF5N2/c10-6-4(1-2-16)5(9(13,14)15)3-17-7(6)8(11)12/h3,8H,1H2. The maximum absolute atomic E-state index is 12.5. The van der Waals surface area contributed by atoms with Crippen molar-refractivity contribution >= 4 is 11.6 Å². The van der Waals surface area contributed by atoms with Crippen molar-refractivity contribution < 1.29 is 22.0 Å². The van der Waals surface area contributed by atoms with Crippen LogP contribution in [-0.4, -0.2) is 4.98 Å². The van der Waals surface area contributed by atoms with E-state index in [2.05, 4.69) is 4.98 Å². The smallest absolute Gasteiger partial charge is 0.253 e. The largest absolute Gasteiger partial charge is 0.418 e. The van der Waals surface area contributed by atoms with Crippen LogP contribution in [0.25, 0.3) is 0 Å². The van der Waals surface area contributed by atoms with Crippen LogP contribution >= 0.6 is 11.6 Å². The number of halogens is 6. The van der Waals surface area contributed by atoms with Crippen molar-refractivity contribution in [3.05, 3.63) is 28.0 Å². The maximum atomic E-state index is 12.5. The lowest BCUT2D eigenvalue weighted by molar-refractivity contribution is -0.138. The lowest BCUT2D eigenvalue weighted by Crippen LogP contribution is -2.12. The van der Waals surface area contributed by atoms with Gasteiger partial charge in [-0.25, -0.2) is 8.78 Å². The molecule has 0 saturated carbocycles. The van der Waals surface area contributed by atoms with E-state index < -0.39 is 40.9 Å². The van der Waals surface area contributed by atoms with Crippen LogP contribution in [-0.2, 0) is 12.6 Å². The molecule has 0 aliphatic heterocycles. The Kier molecular flexibility index (Phi) is 3.88. The predicted octanol–water partition coefficient (Wildman–Crippen LogP) is 3.76. The first-order chi connectivity index (χ1) is 7.79. The summed E-state index contributed by atoms with van der Waals surface area (Å²) in [5, 5.41) is 7.57. The summed E-state index contributed by atoms with van der Waals surface area (Å²) in [7, 11) is 0. The number of nitriles is 1. The summed E-state index contributed by atoms with van der Waals surface area (Å²) in [6.45, 7) is 0. The minimum Gasteiger partial charge on any atom is -0.253 e. The zero-order valence-corrected chi connectivity index (χ0v) is 8.78. The number of rotatable bonds is 2. The average molecular weight is 271 g/mol. The zero-order chi connectivity index (χ0) is 13.2. The van der Waals surface area contributed by atoms with Gasteiger partial charge in [0, 0.05) is 11.8 Å². The number of pyridine rings is 1. The quantitative estimate of drug-likeness (QED) is 0.767. The van der Waals surface area contributed by atoms with Gasteiger partial charge in [-0.3, -0.25) is 4.98 Å². The van der Waals surface area contributed by atoms with Crippen molar-refractivity contribution in [2.45, 2.75) is 19.0 Å². The second-order valence-corrected chi connectivity index (χ2v) is 3.36. The predicted molar refractivity (Wildman–Crippen MR) is 48.5 cm³/mol. The molecule has 0 amide bonds. The Hall–Kier alpha value is -1.42. The van der Waals surface area contributed by atoms with Crippen LogP contribution < -0.4 is 0 Å². The number of alkyl halides is 5. The molecule has 0 spiro atoms. The van der Waals surface area contributed by atoms with Gasteiger partial charge in [0.1, 0.15) is 5.69 Å². The van der Waals surface area contributed by atoms with Crippen LogP contribution in [0.15, 0.2) is 6.20 Å². The van der Waals surface area contributed by atoms with E-state index in [9.17, 15) is 22.0 Å². The molecule has 1 heterocycles. The van der Waals surface area contributed by atoms with E-state index in [0.29, 0.717) is 0 Å². The van der Waals surface area contributed by atoms with E-state index in [1.807, 2.05) is 0 Å². The Morgan fingerprint density at radius 2 is 2.00 bits per heavy atom. The lowest BCUT2D eigenvalue weighted by atomic mass is 10.1. The van der Waals surface area contributed by atoms with Crippen molar-refractivity contribution in [3.63, 3.8) is 0 Å². The summed E-state index contributed by atoms with van der Waals surface area (Å²) in [4.78, 5) is 2.98. The van der Waals surface area contributed by atoms with E-state index in [4.69, 9.17) is 16.9 Å². The Morgan fingerprint density at radius 1 is 1.41 bits per heavy atom. The maximum Gasteiger partial charge on any atom is 0.418 e. The number of aromatic nitrogens is 1. The monoisotopic (exact) mass is 270 g/mol. The van der Waals surface area contributed by atoms with Gasteiger partial charge in [-0.2, -0.15) is 18.4 Å². The highest BCUT2D eigenvalue weighted by molar-refractivity contribution is 6.32.